The van der Waals surface area contributed by atoms with Crippen LogP contribution in [-0.2, 0) is 0 Å². The molecule has 0 fully saturated rings. The van der Waals surface area contributed by atoms with Crippen LogP contribution in [-0.4, -0.2) is 21.1 Å². The van der Waals surface area contributed by atoms with E-state index in [9.17, 15) is 4.79 Å². The molecule has 0 radical (unpaired) electrons. The van der Waals surface area contributed by atoms with E-state index in [0.717, 1.165) is 5.69 Å². The molecule has 2 heterocycles. The molecule has 0 aliphatic carbocycles. The fourth-order valence-corrected chi connectivity index (χ4v) is 1.91. The number of para-hydroxylation sites is 1. The maximum absolute atomic E-state index is 12.6. The van der Waals surface area contributed by atoms with E-state index in [1.54, 1.807) is 24.5 Å². The molecule has 0 bridgehead atoms. The summed E-state index contributed by atoms with van der Waals surface area (Å²) in [6.07, 6.45) is 3.28. The number of hydrogen-bond donors (Lipinski definition) is 1. The van der Waals surface area contributed by atoms with Crippen LogP contribution in [0.1, 0.15) is 10.5 Å². The summed E-state index contributed by atoms with van der Waals surface area (Å²) >= 11 is 0. The van der Waals surface area contributed by atoms with Gasteiger partial charge in [-0.25, -0.2) is 4.98 Å². The second-order valence-electron chi connectivity index (χ2n) is 4.12. The molecule has 0 spiro atoms. The smallest absolute Gasteiger partial charge is 0.284 e. The van der Waals surface area contributed by atoms with Gasteiger partial charge in [-0.2, -0.15) is 5.10 Å². The van der Waals surface area contributed by atoms with Crippen molar-refractivity contribution >= 4 is 17.4 Å². The zero-order valence-electron chi connectivity index (χ0n) is 10.6. The molecule has 5 heteroatoms. The number of carbonyl (C=O) groups excluding carboxylic acids is 1. The van der Waals surface area contributed by atoms with Crippen LogP contribution in [0.3, 0.4) is 0 Å². The average Bonchev–Trinajstić information content (AvgIpc) is 3.04. The fraction of sp³-hybridized carbons (Fsp3) is 0. The van der Waals surface area contributed by atoms with Gasteiger partial charge in [0.2, 0.25) is 0 Å². The zero-order chi connectivity index (χ0) is 13.8. The highest BCUT2D eigenvalue weighted by molar-refractivity contribution is 6.09. The number of pyridine rings is 1. The molecule has 20 heavy (non-hydrogen) atoms. The third-order valence-corrected chi connectivity index (χ3v) is 2.82. The number of aromatic amines is 1. The van der Waals surface area contributed by atoms with Gasteiger partial charge < -0.3 is 0 Å². The van der Waals surface area contributed by atoms with Crippen molar-refractivity contribution in [2.45, 2.75) is 0 Å². The normalized spacial score (nSPS) is 10.2. The SMILES string of the molecule is O=C(c1cc[nH]n1)N(c1ccccc1)c1ccccn1. The summed E-state index contributed by atoms with van der Waals surface area (Å²) in [6.45, 7) is 0. The van der Waals surface area contributed by atoms with Gasteiger partial charge in [0.05, 0.1) is 5.69 Å². The number of H-pyrrole nitrogens is 1. The summed E-state index contributed by atoms with van der Waals surface area (Å²) in [5.74, 6) is 0.336. The van der Waals surface area contributed by atoms with Gasteiger partial charge in [0.15, 0.2) is 5.69 Å². The largest absolute Gasteiger partial charge is 0.285 e. The molecule has 1 aromatic carbocycles. The minimum absolute atomic E-state index is 0.226. The molecule has 0 aliphatic rings. The molecular weight excluding hydrogens is 252 g/mol. The van der Waals surface area contributed by atoms with E-state index in [0.29, 0.717) is 11.5 Å². The van der Waals surface area contributed by atoms with E-state index in [-0.39, 0.29) is 5.91 Å². The Hall–Kier alpha value is -2.95. The van der Waals surface area contributed by atoms with Gasteiger partial charge >= 0.3 is 0 Å². The highest BCUT2D eigenvalue weighted by Gasteiger charge is 2.21. The lowest BCUT2D eigenvalue weighted by atomic mass is 10.2. The van der Waals surface area contributed by atoms with E-state index in [4.69, 9.17) is 0 Å². The minimum Gasteiger partial charge on any atom is -0.285 e. The summed E-state index contributed by atoms with van der Waals surface area (Å²) in [7, 11) is 0. The van der Waals surface area contributed by atoms with Crippen molar-refractivity contribution < 1.29 is 4.79 Å². The molecule has 3 aromatic rings. The average molecular weight is 264 g/mol. The van der Waals surface area contributed by atoms with Gasteiger partial charge in [-0.05, 0) is 30.3 Å². The lowest BCUT2D eigenvalue weighted by Gasteiger charge is -2.20. The van der Waals surface area contributed by atoms with Crippen molar-refractivity contribution in [3.05, 3.63) is 72.7 Å². The third kappa shape index (κ3) is 2.29. The lowest BCUT2D eigenvalue weighted by Crippen LogP contribution is -2.27. The lowest BCUT2D eigenvalue weighted by molar-refractivity contribution is 0.0994. The number of rotatable bonds is 3. The molecule has 0 unspecified atom stereocenters. The molecule has 3 rings (SSSR count). The van der Waals surface area contributed by atoms with Crippen LogP contribution in [0.15, 0.2) is 67.0 Å². The predicted octanol–water partition coefficient (Wildman–Crippen LogP) is 2.78. The summed E-state index contributed by atoms with van der Waals surface area (Å²) in [5.41, 5.74) is 1.10. The molecule has 2 aromatic heterocycles. The first-order chi connectivity index (χ1) is 9.86. The Morgan fingerprint density at radius 3 is 2.45 bits per heavy atom. The van der Waals surface area contributed by atoms with Crippen molar-refractivity contribution in [2.75, 3.05) is 4.90 Å². The number of benzene rings is 1. The number of anilines is 2. The van der Waals surface area contributed by atoms with Crippen LogP contribution >= 0.6 is 0 Å². The Labute approximate surface area is 115 Å². The molecular formula is C15H12N4O. The van der Waals surface area contributed by atoms with Crippen LogP contribution in [0, 0.1) is 0 Å². The van der Waals surface area contributed by atoms with E-state index < -0.39 is 0 Å². The van der Waals surface area contributed by atoms with Crippen LogP contribution in [0.5, 0.6) is 0 Å². The van der Waals surface area contributed by atoms with Gasteiger partial charge in [-0.1, -0.05) is 24.3 Å². The number of aromatic nitrogens is 3. The van der Waals surface area contributed by atoms with E-state index in [1.165, 1.54) is 4.90 Å². The highest BCUT2D eigenvalue weighted by atomic mass is 16.2. The van der Waals surface area contributed by atoms with Gasteiger partial charge in [0, 0.05) is 12.4 Å². The molecule has 1 N–H and O–H groups in total. The quantitative estimate of drug-likeness (QED) is 0.791. The molecule has 1 amide bonds. The topological polar surface area (TPSA) is 61.9 Å². The van der Waals surface area contributed by atoms with Gasteiger partial charge in [-0.3, -0.25) is 14.8 Å². The maximum atomic E-state index is 12.6. The fourth-order valence-electron chi connectivity index (χ4n) is 1.91. The van der Waals surface area contributed by atoms with Crippen molar-refractivity contribution in [3.8, 4) is 0 Å². The molecule has 0 saturated heterocycles. The second-order valence-corrected chi connectivity index (χ2v) is 4.12. The summed E-state index contributed by atoms with van der Waals surface area (Å²) < 4.78 is 0. The van der Waals surface area contributed by atoms with Crippen molar-refractivity contribution in [1.82, 2.24) is 15.2 Å². The predicted molar refractivity (Wildman–Crippen MR) is 75.7 cm³/mol. The zero-order valence-corrected chi connectivity index (χ0v) is 10.6. The molecule has 0 aliphatic heterocycles. The Balaban J connectivity index is 2.07. The van der Waals surface area contributed by atoms with Crippen LogP contribution < -0.4 is 4.90 Å². The van der Waals surface area contributed by atoms with Crippen LogP contribution in [0.2, 0.25) is 0 Å². The summed E-state index contributed by atoms with van der Waals surface area (Å²) in [4.78, 5) is 18.4. The van der Waals surface area contributed by atoms with Crippen molar-refractivity contribution in [3.63, 3.8) is 0 Å². The number of amides is 1. The molecule has 5 nitrogen and oxygen atoms in total. The summed E-state index contributed by atoms with van der Waals surface area (Å²) in [5, 5.41) is 6.59. The van der Waals surface area contributed by atoms with Crippen molar-refractivity contribution in [2.24, 2.45) is 0 Å². The monoisotopic (exact) mass is 264 g/mol. The first kappa shape index (κ1) is 12.1. The summed E-state index contributed by atoms with van der Waals surface area (Å²) in [6, 6.07) is 16.5. The molecule has 98 valence electrons. The van der Waals surface area contributed by atoms with Gasteiger partial charge in [-0.15, -0.1) is 0 Å². The molecule has 0 atom stereocenters. The Kier molecular flexibility index (Phi) is 3.24. The van der Waals surface area contributed by atoms with E-state index in [2.05, 4.69) is 15.2 Å². The first-order valence-electron chi connectivity index (χ1n) is 6.16. The number of hydrogen-bond acceptors (Lipinski definition) is 3. The van der Waals surface area contributed by atoms with Gasteiger partial charge in [0.1, 0.15) is 5.82 Å². The van der Waals surface area contributed by atoms with E-state index in [1.807, 2.05) is 42.5 Å². The standard InChI is InChI=1S/C15H12N4O/c20-15(13-9-11-17-18-13)19(12-6-2-1-3-7-12)14-8-4-5-10-16-14/h1-11H,(H,17,18). The van der Waals surface area contributed by atoms with Crippen molar-refractivity contribution in [1.29, 1.82) is 0 Å². The minimum atomic E-state index is -0.226. The number of nitrogens with one attached hydrogen (secondary N) is 1. The number of nitrogens with zero attached hydrogens (tertiary/aromatic N) is 3. The second kappa shape index (κ2) is 5.36. The van der Waals surface area contributed by atoms with E-state index >= 15 is 0 Å². The van der Waals surface area contributed by atoms with Crippen LogP contribution in [0.4, 0.5) is 11.5 Å². The molecule has 0 saturated carbocycles. The maximum Gasteiger partial charge on any atom is 0.284 e. The Morgan fingerprint density at radius 1 is 1.00 bits per heavy atom. The van der Waals surface area contributed by atoms with Crippen LogP contribution in [0.25, 0.3) is 0 Å². The van der Waals surface area contributed by atoms with Gasteiger partial charge in [0.25, 0.3) is 5.91 Å². The Morgan fingerprint density at radius 2 is 1.80 bits per heavy atom. The Bertz CT molecular complexity index is 641. The third-order valence-electron chi connectivity index (χ3n) is 2.82. The highest BCUT2D eigenvalue weighted by Crippen LogP contribution is 2.24. The first-order valence-corrected chi connectivity index (χ1v) is 6.16. The number of carbonyl (C=O) groups is 1.